The van der Waals surface area contributed by atoms with Crippen LogP contribution in [0.4, 0.5) is 0 Å². The average Bonchev–Trinajstić information content (AvgIpc) is 2.53. The van der Waals surface area contributed by atoms with E-state index in [1.165, 1.54) is 50.5 Å². The molecule has 1 aliphatic rings. The molecule has 3 heteroatoms. The molecule has 1 heterocycles. The Labute approximate surface area is 129 Å². The summed E-state index contributed by atoms with van der Waals surface area (Å²) in [6.45, 7) is 6.00. The largest absolute Gasteiger partial charge is 0.492 e. The van der Waals surface area contributed by atoms with E-state index in [0.717, 1.165) is 18.2 Å². The summed E-state index contributed by atoms with van der Waals surface area (Å²) in [5, 5.41) is 3.71. The van der Waals surface area contributed by atoms with Crippen molar-refractivity contribution >= 4 is 0 Å². The summed E-state index contributed by atoms with van der Waals surface area (Å²) in [5.41, 5.74) is 1.28. The maximum absolute atomic E-state index is 5.60. The Morgan fingerprint density at radius 3 is 2.76 bits per heavy atom. The summed E-state index contributed by atoms with van der Waals surface area (Å²) in [6.07, 6.45) is 13.2. The van der Waals surface area contributed by atoms with Gasteiger partial charge >= 0.3 is 0 Å². The normalized spacial score (nSPS) is 17.6. The smallest absolute Gasteiger partial charge is 0.137 e. The van der Waals surface area contributed by atoms with Gasteiger partial charge in [0.1, 0.15) is 5.75 Å². The summed E-state index contributed by atoms with van der Waals surface area (Å²) in [7, 11) is 0. The molecule has 0 spiro atoms. The highest BCUT2D eigenvalue weighted by Crippen LogP contribution is 2.32. The van der Waals surface area contributed by atoms with Crippen LogP contribution in [0.2, 0.25) is 0 Å². The zero-order valence-corrected chi connectivity index (χ0v) is 13.6. The van der Waals surface area contributed by atoms with Crippen LogP contribution in [0.3, 0.4) is 0 Å². The monoisotopic (exact) mass is 290 g/mol. The lowest BCUT2D eigenvalue weighted by atomic mass is 9.83. The molecule has 1 aliphatic carbocycles. The lowest BCUT2D eigenvalue weighted by Gasteiger charge is -2.27. The first-order valence-electron chi connectivity index (χ1n) is 8.64. The summed E-state index contributed by atoms with van der Waals surface area (Å²) in [4.78, 5) is 4.36. The van der Waals surface area contributed by atoms with Gasteiger partial charge in [-0.05, 0) is 43.9 Å². The van der Waals surface area contributed by atoms with Crippen LogP contribution in [-0.4, -0.2) is 18.1 Å². The Hall–Kier alpha value is -1.09. The fourth-order valence-corrected chi connectivity index (χ4v) is 3.28. The minimum Gasteiger partial charge on any atom is -0.492 e. The van der Waals surface area contributed by atoms with Crippen LogP contribution >= 0.6 is 0 Å². The number of hydrogen-bond donors (Lipinski definition) is 1. The fourth-order valence-electron chi connectivity index (χ4n) is 3.28. The van der Waals surface area contributed by atoms with Crippen LogP contribution in [0.15, 0.2) is 18.5 Å². The third kappa shape index (κ3) is 5.31. The fraction of sp³-hybridized carbons (Fsp3) is 0.722. The van der Waals surface area contributed by atoms with E-state index in [1.807, 2.05) is 19.3 Å². The van der Waals surface area contributed by atoms with Crippen molar-refractivity contribution < 1.29 is 4.74 Å². The van der Waals surface area contributed by atoms with E-state index in [-0.39, 0.29) is 0 Å². The molecule has 118 valence electrons. The number of nitrogens with one attached hydrogen (secondary N) is 1. The molecule has 21 heavy (non-hydrogen) atoms. The molecule has 0 radical (unpaired) electrons. The molecule has 0 bridgehead atoms. The lowest BCUT2D eigenvalue weighted by Crippen LogP contribution is -2.25. The van der Waals surface area contributed by atoms with Crippen molar-refractivity contribution in [1.82, 2.24) is 10.3 Å². The third-order valence-corrected chi connectivity index (χ3v) is 4.38. The molecule has 1 saturated carbocycles. The van der Waals surface area contributed by atoms with E-state index in [4.69, 9.17) is 4.74 Å². The molecule has 1 aromatic rings. The summed E-state index contributed by atoms with van der Waals surface area (Å²) >= 11 is 0. The molecular formula is C18H30N2O. The Kier molecular flexibility index (Phi) is 7.01. The highest BCUT2D eigenvalue weighted by atomic mass is 16.5. The second-order valence-corrected chi connectivity index (χ2v) is 6.13. The van der Waals surface area contributed by atoms with Crippen molar-refractivity contribution in [3.05, 3.63) is 24.0 Å². The zero-order valence-electron chi connectivity index (χ0n) is 13.6. The van der Waals surface area contributed by atoms with Crippen molar-refractivity contribution in [2.24, 2.45) is 5.92 Å². The van der Waals surface area contributed by atoms with Gasteiger partial charge in [0, 0.05) is 12.2 Å². The van der Waals surface area contributed by atoms with Crippen LogP contribution < -0.4 is 10.1 Å². The van der Waals surface area contributed by atoms with Gasteiger partial charge in [0.25, 0.3) is 0 Å². The number of aromatic nitrogens is 1. The molecule has 0 aromatic carbocycles. The van der Waals surface area contributed by atoms with Crippen LogP contribution in [-0.2, 0) is 0 Å². The molecule has 1 unspecified atom stereocenters. The van der Waals surface area contributed by atoms with E-state index in [9.17, 15) is 0 Å². The number of rotatable bonds is 8. The average molecular weight is 290 g/mol. The Morgan fingerprint density at radius 1 is 1.24 bits per heavy atom. The van der Waals surface area contributed by atoms with E-state index in [1.54, 1.807) is 0 Å². The van der Waals surface area contributed by atoms with Gasteiger partial charge in [0.2, 0.25) is 0 Å². The molecule has 1 N–H and O–H groups in total. The van der Waals surface area contributed by atoms with Crippen molar-refractivity contribution in [1.29, 1.82) is 0 Å². The number of ether oxygens (including phenoxy) is 1. The van der Waals surface area contributed by atoms with E-state index in [0.29, 0.717) is 12.6 Å². The second kappa shape index (κ2) is 9.04. The number of pyridine rings is 1. The highest BCUT2D eigenvalue weighted by molar-refractivity contribution is 5.26. The lowest BCUT2D eigenvalue weighted by molar-refractivity contribution is 0.298. The third-order valence-electron chi connectivity index (χ3n) is 4.38. The molecular weight excluding hydrogens is 260 g/mol. The van der Waals surface area contributed by atoms with Gasteiger partial charge in [-0.3, -0.25) is 4.98 Å². The SMILES string of the molecule is CCCNC(CC1CCCCC1)c1cncc(OCC)c1. The minimum atomic E-state index is 0.418. The van der Waals surface area contributed by atoms with E-state index in [2.05, 4.69) is 23.3 Å². The van der Waals surface area contributed by atoms with Gasteiger partial charge in [-0.2, -0.15) is 0 Å². The van der Waals surface area contributed by atoms with Crippen LogP contribution in [0.5, 0.6) is 5.75 Å². The predicted molar refractivity (Wildman–Crippen MR) is 87.6 cm³/mol. The maximum Gasteiger partial charge on any atom is 0.137 e. The molecule has 3 nitrogen and oxygen atoms in total. The Morgan fingerprint density at radius 2 is 2.05 bits per heavy atom. The summed E-state index contributed by atoms with van der Waals surface area (Å²) < 4.78 is 5.60. The number of hydrogen-bond acceptors (Lipinski definition) is 3. The van der Waals surface area contributed by atoms with Gasteiger partial charge in [0.15, 0.2) is 0 Å². The molecule has 1 aromatic heterocycles. The first-order chi connectivity index (χ1) is 10.3. The first kappa shape index (κ1) is 16.3. The molecule has 0 amide bonds. The van der Waals surface area contributed by atoms with Gasteiger partial charge in [-0.1, -0.05) is 39.0 Å². The van der Waals surface area contributed by atoms with E-state index >= 15 is 0 Å². The van der Waals surface area contributed by atoms with Crippen molar-refractivity contribution in [3.8, 4) is 5.75 Å². The van der Waals surface area contributed by atoms with Crippen molar-refractivity contribution in [2.75, 3.05) is 13.2 Å². The summed E-state index contributed by atoms with van der Waals surface area (Å²) in [5.74, 6) is 1.76. The molecule has 2 rings (SSSR count). The van der Waals surface area contributed by atoms with Crippen LogP contribution in [0.1, 0.15) is 70.4 Å². The van der Waals surface area contributed by atoms with Gasteiger partial charge in [0.05, 0.1) is 12.8 Å². The molecule has 1 atom stereocenters. The van der Waals surface area contributed by atoms with Gasteiger partial charge < -0.3 is 10.1 Å². The van der Waals surface area contributed by atoms with Crippen molar-refractivity contribution in [3.63, 3.8) is 0 Å². The number of nitrogens with zero attached hydrogens (tertiary/aromatic N) is 1. The predicted octanol–water partition coefficient (Wildman–Crippen LogP) is 4.49. The molecule has 0 aliphatic heterocycles. The van der Waals surface area contributed by atoms with Gasteiger partial charge in [-0.25, -0.2) is 0 Å². The van der Waals surface area contributed by atoms with Gasteiger partial charge in [-0.15, -0.1) is 0 Å². The Bertz CT molecular complexity index is 402. The quantitative estimate of drug-likeness (QED) is 0.766. The van der Waals surface area contributed by atoms with Crippen molar-refractivity contribution in [2.45, 2.75) is 64.8 Å². The molecule has 0 saturated heterocycles. The van der Waals surface area contributed by atoms with Crippen LogP contribution in [0, 0.1) is 5.92 Å². The first-order valence-corrected chi connectivity index (χ1v) is 8.64. The maximum atomic E-state index is 5.60. The van der Waals surface area contributed by atoms with E-state index < -0.39 is 0 Å². The Balaban J connectivity index is 2.04. The zero-order chi connectivity index (χ0) is 14.9. The van der Waals surface area contributed by atoms with Crippen LogP contribution in [0.25, 0.3) is 0 Å². The minimum absolute atomic E-state index is 0.418. The second-order valence-electron chi connectivity index (χ2n) is 6.13. The topological polar surface area (TPSA) is 34.2 Å². The highest BCUT2D eigenvalue weighted by Gasteiger charge is 2.20. The molecule has 1 fully saturated rings. The standard InChI is InChI=1S/C18H30N2O/c1-3-10-20-18(11-15-8-6-5-7-9-15)16-12-17(21-4-2)14-19-13-16/h12-15,18,20H,3-11H2,1-2H3. The summed E-state index contributed by atoms with van der Waals surface area (Å²) in [6, 6.07) is 2.58.